The molecule has 0 aromatic carbocycles. The lowest BCUT2D eigenvalue weighted by Crippen LogP contribution is -2.29. The van der Waals surface area contributed by atoms with Crippen molar-refractivity contribution in [1.82, 2.24) is 0 Å². The van der Waals surface area contributed by atoms with E-state index in [4.69, 9.17) is 0 Å². The van der Waals surface area contributed by atoms with E-state index in [1.54, 1.807) is 0 Å². The van der Waals surface area contributed by atoms with Gasteiger partial charge in [-0.05, 0) is 51.3 Å². The summed E-state index contributed by atoms with van der Waals surface area (Å²) >= 11 is 0. The normalized spacial score (nSPS) is 19.8. The zero-order valence-electron chi connectivity index (χ0n) is 7.66. The molecule has 0 radical (unpaired) electrons. The molecule has 0 aromatic heterocycles. The molecule has 0 amide bonds. The summed E-state index contributed by atoms with van der Waals surface area (Å²) < 4.78 is 0. The minimum atomic E-state index is 0.668. The lowest BCUT2D eigenvalue weighted by atomic mass is 11.9. The van der Waals surface area contributed by atoms with E-state index < -0.39 is 0 Å². The summed E-state index contributed by atoms with van der Waals surface area (Å²) in [6.07, 6.45) is 0. The van der Waals surface area contributed by atoms with Gasteiger partial charge in [-0.3, -0.25) is 0 Å². The van der Waals surface area contributed by atoms with Gasteiger partial charge in [-0.15, -0.1) is 0 Å². The standard InChI is InChI=1S/C2H22Si8/c1-3-5-7-9-10-8-6-4-2/h3-10H2,1-2H3. The maximum atomic E-state index is 2.57. The Morgan fingerprint density at radius 3 is 1.10 bits per heavy atom. The second kappa shape index (κ2) is 10.7. The van der Waals surface area contributed by atoms with Crippen molar-refractivity contribution in [1.29, 1.82) is 0 Å². The second-order valence-corrected chi connectivity index (χ2v) is 66.3. The van der Waals surface area contributed by atoms with Gasteiger partial charge < -0.3 is 0 Å². The lowest BCUT2D eigenvalue weighted by Gasteiger charge is -1.93. The first-order chi connectivity index (χ1) is 4.91. The predicted molar refractivity (Wildman–Crippen MR) is 80.1 cm³/mol. The Morgan fingerprint density at radius 1 is 0.500 bits per heavy atom. The zero-order valence-corrected chi connectivity index (χ0v) is 19.0. The summed E-state index contributed by atoms with van der Waals surface area (Å²) in [7, 11) is 6.42. The van der Waals surface area contributed by atoms with Crippen molar-refractivity contribution in [2.75, 3.05) is 0 Å². The van der Waals surface area contributed by atoms with Gasteiger partial charge in [-0.2, -0.15) is 0 Å². The van der Waals surface area contributed by atoms with Crippen LogP contribution in [0.5, 0.6) is 0 Å². The van der Waals surface area contributed by atoms with E-state index in [9.17, 15) is 0 Å². The van der Waals surface area contributed by atoms with Crippen LogP contribution in [0.25, 0.3) is 0 Å². The minimum Gasteiger partial charge on any atom is -0.0773 e. The van der Waals surface area contributed by atoms with E-state index in [1.165, 1.54) is 0 Å². The van der Waals surface area contributed by atoms with Crippen molar-refractivity contribution in [2.24, 2.45) is 0 Å². The van der Waals surface area contributed by atoms with Crippen LogP contribution in [0.2, 0.25) is 13.1 Å². The molecule has 10 heavy (non-hydrogen) atoms. The molecule has 0 bridgehead atoms. The van der Waals surface area contributed by atoms with Gasteiger partial charge in [0.25, 0.3) is 0 Å². The highest BCUT2D eigenvalue weighted by Gasteiger charge is 1.92. The maximum absolute atomic E-state index is 2.57. The number of rotatable bonds is 7. The monoisotopic (exact) mass is 270 g/mol. The fourth-order valence-electron chi connectivity index (χ4n) is 1.21. The summed E-state index contributed by atoms with van der Waals surface area (Å²) in [6.45, 7) is 5.14. The summed E-state index contributed by atoms with van der Waals surface area (Å²) in [5.41, 5.74) is 0. The molecule has 0 saturated carbocycles. The summed E-state index contributed by atoms with van der Waals surface area (Å²) in [4.78, 5) is 0. The molecule has 0 heterocycles. The lowest BCUT2D eigenvalue weighted by molar-refractivity contribution is 2.37. The molecule has 0 aliphatic carbocycles. The van der Waals surface area contributed by atoms with Crippen LogP contribution >= 0.6 is 0 Å². The molecule has 0 atom stereocenters. The third kappa shape index (κ3) is 9.74. The molecule has 62 valence electrons. The molecule has 0 fully saturated rings. The Balaban J connectivity index is 2.65. The maximum Gasteiger partial charge on any atom is 0.00140 e. The fourth-order valence-corrected chi connectivity index (χ4v) is 212. The molecule has 8 heteroatoms. The smallest absolute Gasteiger partial charge is 0.00140 e. The van der Waals surface area contributed by atoms with E-state index in [1.807, 2.05) is 0 Å². The van der Waals surface area contributed by atoms with Crippen LogP contribution in [0.1, 0.15) is 0 Å². The van der Waals surface area contributed by atoms with Crippen LogP contribution in [-0.4, -0.2) is 69.4 Å². The molecule has 0 N–H and O–H groups in total. The third-order valence-electron chi connectivity index (χ3n) is 1.96. The summed E-state index contributed by atoms with van der Waals surface area (Å²) in [5.74, 6) is 0. The Hall–Kier alpha value is 1.74. The van der Waals surface area contributed by atoms with Crippen molar-refractivity contribution < 1.29 is 0 Å². The molecule has 0 unspecified atom stereocenters. The zero-order chi connectivity index (χ0) is 7.66. The highest BCUT2D eigenvalue weighted by molar-refractivity contribution is 7.65. The molecule has 0 aliphatic heterocycles. The molecular formula is C2H22Si8. The molecule has 0 nitrogen and oxygen atoms in total. The van der Waals surface area contributed by atoms with Gasteiger partial charge in [0.2, 0.25) is 0 Å². The van der Waals surface area contributed by atoms with Gasteiger partial charge in [-0.1, -0.05) is 13.1 Å². The highest BCUT2D eigenvalue weighted by atomic mass is 30.0. The van der Waals surface area contributed by atoms with Gasteiger partial charge in [-0.25, -0.2) is 0 Å². The van der Waals surface area contributed by atoms with Crippen molar-refractivity contribution in [3.63, 3.8) is 0 Å². The number of hydrogen-bond donors (Lipinski definition) is 0. The van der Waals surface area contributed by atoms with Crippen LogP contribution in [0, 0.1) is 0 Å². The molecule has 0 aromatic rings. The van der Waals surface area contributed by atoms with Crippen molar-refractivity contribution in [3.05, 3.63) is 0 Å². The quantitative estimate of drug-likeness (QED) is 0.319. The van der Waals surface area contributed by atoms with Gasteiger partial charge in [0.15, 0.2) is 0 Å². The van der Waals surface area contributed by atoms with Crippen molar-refractivity contribution in [3.8, 4) is 0 Å². The van der Waals surface area contributed by atoms with Gasteiger partial charge in [0.1, 0.15) is 0 Å². The second-order valence-electron chi connectivity index (χ2n) is 3.12. The SMILES string of the molecule is C[SiH2][SiH2][SiH2][SiH2][SiH2][SiH2][SiH2][SiH2]C. The van der Waals surface area contributed by atoms with Gasteiger partial charge in [0.05, 0.1) is 0 Å². The predicted octanol–water partition coefficient (Wildman–Crippen LogP) is -6.16. The van der Waals surface area contributed by atoms with Gasteiger partial charge in [0, 0.05) is 18.1 Å². The highest BCUT2D eigenvalue weighted by Crippen LogP contribution is 1.57. The molecule has 0 spiro atoms. The Bertz CT molecular complexity index is 47.2. The first-order valence-corrected chi connectivity index (χ1v) is 35.7. The third-order valence-corrected chi connectivity index (χ3v) is 120. The molecular weight excluding hydrogens is 249 g/mol. The Morgan fingerprint density at radius 2 is 0.800 bits per heavy atom. The average molecular weight is 271 g/mol. The Labute approximate surface area is 82.2 Å². The fraction of sp³-hybridized carbons (Fsp3) is 1.00. The first-order valence-electron chi connectivity index (χ1n) is 4.91. The summed E-state index contributed by atoms with van der Waals surface area (Å²) in [5, 5.41) is 0. The van der Waals surface area contributed by atoms with Crippen LogP contribution < -0.4 is 0 Å². The van der Waals surface area contributed by atoms with E-state index in [0.717, 1.165) is 51.3 Å². The van der Waals surface area contributed by atoms with Crippen LogP contribution in [0.15, 0.2) is 0 Å². The largest absolute Gasteiger partial charge is 0.0773 e. The van der Waals surface area contributed by atoms with Crippen molar-refractivity contribution >= 4 is 69.4 Å². The molecule has 0 aliphatic rings. The first kappa shape index (κ1) is 11.7. The van der Waals surface area contributed by atoms with Crippen molar-refractivity contribution in [2.45, 2.75) is 13.1 Å². The van der Waals surface area contributed by atoms with Gasteiger partial charge >= 0.3 is 0 Å². The van der Waals surface area contributed by atoms with Crippen LogP contribution in [-0.2, 0) is 0 Å². The van der Waals surface area contributed by atoms with E-state index in [2.05, 4.69) is 13.1 Å². The van der Waals surface area contributed by atoms with E-state index in [0.29, 0.717) is 18.1 Å². The van der Waals surface area contributed by atoms with E-state index in [-0.39, 0.29) is 0 Å². The van der Waals surface area contributed by atoms with Crippen LogP contribution in [0.3, 0.4) is 0 Å². The minimum absolute atomic E-state index is 0.668. The Kier molecular flexibility index (Phi) is 12.6. The number of hydrogen-bond acceptors (Lipinski definition) is 0. The molecule has 0 rings (SSSR count). The van der Waals surface area contributed by atoms with Crippen LogP contribution in [0.4, 0.5) is 0 Å². The average Bonchev–Trinajstić information content (AvgIpc) is 1.97. The topological polar surface area (TPSA) is 0 Å². The van der Waals surface area contributed by atoms with E-state index >= 15 is 0 Å². The molecule has 0 saturated heterocycles. The summed E-state index contributed by atoms with van der Waals surface area (Å²) in [6, 6.07) is 0.